The fraction of sp³-hybridized carbons (Fsp3) is 0.346. The SMILES string of the molecule is C=C(/C=N\N(C)CCOCCN)[C@@H]1C[C@H]1C(=O)Nc1cc2cc(-c3cnccc3C)nc(N)c2cn1. The number of nitrogens with one attached hydrogen (secondary N) is 1. The Morgan fingerprint density at radius 2 is 2.17 bits per heavy atom. The second-order valence-electron chi connectivity index (χ2n) is 8.91. The Balaban J connectivity index is 1.38. The number of fused-ring (bicyclic) bond motifs is 1. The lowest BCUT2D eigenvalue weighted by Gasteiger charge is -2.12. The number of rotatable bonds is 11. The van der Waals surface area contributed by atoms with E-state index in [-0.39, 0.29) is 17.7 Å². The van der Waals surface area contributed by atoms with Crippen molar-refractivity contribution in [3.63, 3.8) is 0 Å². The number of allylic oxidation sites excluding steroid dienone is 1. The maximum absolute atomic E-state index is 12.8. The average molecular weight is 489 g/mol. The molecular weight excluding hydrogens is 456 g/mol. The summed E-state index contributed by atoms with van der Waals surface area (Å²) in [6, 6.07) is 5.68. The van der Waals surface area contributed by atoms with E-state index < -0.39 is 0 Å². The third-order valence-corrected chi connectivity index (χ3v) is 6.16. The number of carbonyl (C=O) groups excluding carboxylic acids is 1. The molecule has 1 aliphatic carbocycles. The summed E-state index contributed by atoms with van der Waals surface area (Å²) in [5.41, 5.74) is 15.1. The number of carbonyl (C=O) groups is 1. The minimum Gasteiger partial charge on any atom is -0.383 e. The molecule has 0 aromatic carbocycles. The number of hydrogen-bond donors (Lipinski definition) is 3. The van der Waals surface area contributed by atoms with Crippen LogP contribution in [0.15, 0.2) is 54.0 Å². The molecule has 1 aliphatic rings. The van der Waals surface area contributed by atoms with E-state index in [9.17, 15) is 4.79 Å². The van der Waals surface area contributed by atoms with Crippen LogP contribution in [-0.4, -0.2) is 65.4 Å². The molecule has 10 heteroatoms. The molecule has 10 nitrogen and oxygen atoms in total. The molecule has 0 aliphatic heterocycles. The van der Waals surface area contributed by atoms with Gasteiger partial charge in [0.1, 0.15) is 11.6 Å². The molecule has 3 aromatic rings. The summed E-state index contributed by atoms with van der Waals surface area (Å²) in [5.74, 6) is 0.668. The van der Waals surface area contributed by atoms with Crippen LogP contribution in [0.2, 0.25) is 0 Å². The second-order valence-corrected chi connectivity index (χ2v) is 8.91. The van der Waals surface area contributed by atoms with Crippen molar-refractivity contribution in [3.05, 3.63) is 54.5 Å². The fourth-order valence-corrected chi connectivity index (χ4v) is 3.93. The molecule has 1 saturated carbocycles. The van der Waals surface area contributed by atoms with Crippen LogP contribution < -0.4 is 16.8 Å². The highest BCUT2D eigenvalue weighted by atomic mass is 16.5. The molecule has 36 heavy (non-hydrogen) atoms. The van der Waals surface area contributed by atoms with E-state index >= 15 is 0 Å². The van der Waals surface area contributed by atoms with Crippen LogP contribution >= 0.6 is 0 Å². The standard InChI is InChI=1S/C26H32N8O2/c1-16-4-6-29-14-21(16)23-10-18-11-24(30-15-22(18)25(28)32-23)33-26(35)20-12-19(20)17(2)13-31-34(3)7-9-36-8-5-27/h4,6,10-11,13-15,19-20H,2,5,7-9,12,27H2,1,3H3,(H2,28,32)(H,30,33,35)/b31-13-/t19-,20+/m0/s1. The zero-order chi connectivity index (χ0) is 25.7. The molecular formula is C26H32N8O2. The van der Waals surface area contributed by atoms with Gasteiger partial charge in [-0.2, -0.15) is 5.10 Å². The Labute approximate surface area is 210 Å². The lowest BCUT2D eigenvalue weighted by molar-refractivity contribution is -0.117. The molecule has 0 unspecified atom stereocenters. The number of aryl methyl sites for hydroxylation is 1. The Kier molecular flexibility index (Phi) is 7.87. The third kappa shape index (κ3) is 6.02. The third-order valence-electron chi connectivity index (χ3n) is 6.16. The monoisotopic (exact) mass is 488 g/mol. The molecule has 0 spiro atoms. The molecule has 2 atom stereocenters. The van der Waals surface area contributed by atoms with Crippen molar-refractivity contribution in [2.24, 2.45) is 22.7 Å². The first-order chi connectivity index (χ1) is 17.4. The molecule has 188 valence electrons. The number of likely N-dealkylation sites (N-methyl/N-ethyl adjacent to an activating group) is 1. The van der Waals surface area contributed by atoms with Gasteiger partial charge in [-0.3, -0.25) is 14.8 Å². The largest absolute Gasteiger partial charge is 0.383 e. The zero-order valence-electron chi connectivity index (χ0n) is 20.6. The van der Waals surface area contributed by atoms with Crippen molar-refractivity contribution in [2.75, 3.05) is 44.4 Å². The van der Waals surface area contributed by atoms with Crippen molar-refractivity contribution in [2.45, 2.75) is 13.3 Å². The molecule has 0 bridgehead atoms. The lowest BCUT2D eigenvalue weighted by atomic mass is 10.1. The summed E-state index contributed by atoms with van der Waals surface area (Å²) in [6.07, 6.45) is 7.59. The highest BCUT2D eigenvalue weighted by Gasteiger charge is 2.44. The molecule has 0 saturated heterocycles. The van der Waals surface area contributed by atoms with Gasteiger partial charge < -0.3 is 21.5 Å². The maximum Gasteiger partial charge on any atom is 0.229 e. The smallest absolute Gasteiger partial charge is 0.229 e. The van der Waals surface area contributed by atoms with Gasteiger partial charge in [-0.1, -0.05) is 6.58 Å². The Morgan fingerprint density at radius 3 is 2.94 bits per heavy atom. The first-order valence-electron chi connectivity index (χ1n) is 11.9. The number of nitrogen functional groups attached to an aromatic ring is 1. The van der Waals surface area contributed by atoms with Crippen LogP contribution in [0.1, 0.15) is 12.0 Å². The van der Waals surface area contributed by atoms with E-state index in [1.54, 1.807) is 29.8 Å². The molecule has 1 amide bonds. The van der Waals surface area contributed by atoms with Gasteiger partial charge in [0, 0.05) is 55.3 Å². The maximum atomic E-state index is 12.8. The van der Waals surface area contributed by atoms with Gasteiger partial charge in [0.2, 0.25) is 5.91 Å². The molecule has 3 heterocycles. The number of hydrazone groups is 1. The van der Waals surface area contributed by atoms with Gasteiger partial charge >= 0.3 is 0 Å². The van der Waals surface area contributed by atoms with E-state index in [2.05, 4.69) is 31.9 Å². The number of nitrogens with zero attached hydrogens (tertiary/aromatic N) is 5. The summed E-state index contributed by atoms with van der Waals surface area (Å²) in [4.78, 5) is 25.9. The summed E-state index contributed by atoms with van der Waals surface area (Å²) < 4.78 is 5.36. The second kappa shape index (κ2) is 11.2. The fourth-order valence-electron chi connectivity index (χ4n) is 3.93. The van der Waals surface area contributed by atoms with E-state index in [1.807, 2.05) is 32.2 Å². The van der Waals surface area contributed by atoms with Crippen LogP contribution in [-0.2, 0) is 9.53 Å². The predicted octanol–water partition coefficient (Wildman–Crippen LogP) is 2.61. The minimum absolute atomic E-state index is 0.0658. The van der Waals surface area contributed by atoms with Crippen LogP contribution in [0.4, 0.5) is 11.6 Å². The molecule has 3 aromatic heterocycles. The predicted molar refractivity (Wildman–Crippen MR) is 142 cm³/mol. The van der Waals surface area contributed by atoms with Gasteiger partial charge in [0.25, 0.3) is 0 Å². The van der Waals surface area contributed by atoms with Crippen molar-refractivity contribution >= 4 is 34.5 Å². The zero-order valence-corrected chi connectivity index (χ0v) is 20.6. The summed E-state index contributed by atoms with van der Waals surface area (Å²) >= 11 is 0. The summed E-state index contributed by atoms with van der Waals surface area (Å²) in [7, 11) is 1.86. The van der Waals surface area contributed by atoms with Crippen molar-refractivity contribution in [3.8, 4) is 11.3 Å². The van der Waals surface area contributed by atoms with Crippen molar-refractivity contribution in [1.29, 1.82) is 0 Å². The molecule has 5 N–H and O–H groups in total. The number of nitrogens with two attached hydrogens (primary N) is 2. The number of pyridine rings is 3. The number of amides is 1. The van der Waals surface area contributed by atoms with Gasteiger partial charge in [0.15, 0.2) is 0 Å². The Hall–Kier alpha value is -3.89. The summed E-state index contributed by atoms with van der Waals surface area (Å²) in [6.45, 7) is 8.32. The first-order valence-corrected chi connectivity index (χ1v) is 11.9. The van der Waals surface area contributed by atoms with Crippen molar-refractivity contribution < 1.29 is 9.53 Å². The first kappa shape index (κ1) is 25.2. The van der Waals surface area contributed by atoms with Gasteiger partial charge in [-0.05, 0) is 54.0 Å². The van der Waals surface area contributed by atoms with Crippen LogP contribution in [0.3, 0.4) is 0 Å². The number of anilines is 2. The normalized spacial score (nSPS) is 16.9. The van der Waals surface area contributed by atoms with Crippen molar-refractivity contribution in [1.82, 2.24) is 20.0 Å². The molecule has 0 radical (unpaired) electrons. The van der Waals surface area contributed by atoms with Gasteiger partial charge in [0.05, 0.1) is 25.5 Å². The number of aromatic nitrogens is 3. The number of ether oxygens (including phenoxy) is 1. The van der Waals surface area contributed by atoms with E-state index in [1.165, 1.54) is 0 Å². The van der Waals surface area contributed by atoms with Crippen LogP contribution in [0.25, 0.3) is 22.0 Å². The Bertz CT molecular complexity index is 1290. The lowest BCUT2D eigenvalue weighted by Crippen LogP contribution is -2.20. The van der Waals surface area contributed by atoms with Gasteiger partial charge in [-0.25, -0.2) is 9.97 Å². The average Bonchev–Trinajstić information content (AvgIpc) is 3.67. The topological polar surface area (TPSA) is 145 Å². The number of hydrogen-bond acceptors (Lipinski definition) is 9. The quantitative estimate of drug-likeness (QED) is 0.212. The molecule has 4 rings (SSSR count). The van der Waals surface area contributed by atoms with Crippen LogP contribution in [0.5, 0.6) is 0 Å². The van der Waals surface area contributed by atoms with Crippen LogP contribution in [0, 0.1) is 18.8 Å². The highest BCUT2D eigenvalue weighted by Crippen LogP contribution is 2.43. The highest BCUT2D eigenvalue weighted by molar-refractivity contribution is 5.99. The minimum atomic E-state index is -0.157. The molecule has 1 fully saturated rings. The van der Waals surface area contributed by atoms with E-state index in [0.29, 0.717) is 37.9 Å². The Morgan fingerprint density at radius 1 is 1.33 bits per heavy atom. The van der Waals surface area contributed by atoms with E-state index in [4.69, 9.17) is 16.2 Å². The van der Waals surface area contributed by atoms with Gasteiger partial charge in [-0.15, -0.1) is 0 Å². The summed E-state index contributed by atoms with van der Waals surface area (Å²) in [5, 5.41) is 10.6. The van der Waals surface area contributed by atoms with E-state index in [0.717, 1.165) is 39.6 Å².